The Hall–Kier alpha value is -3.96. The van der Waals surface area contributed by atoms with Crippen LogP contribution in [-0.2, 0) is 17.1 Å². The number of nitrogens with zero attached hydrogens (tertiary/aromatic N) is 2. The molecule has 39 heavy (non-hydrogen) atoms. The first-order valence-electron chi connectivity index (χ1n) is 11.9. The van der Waals surface area contributed by atoms with E-state index in [0.717, 1.165) is 30.7 Å². The molecule has 0 spiro atoms. The summed E-state index contributed by atoms with van der Waals surface area (Å²) in [5.41, 5.74) is 3.94. The van der Waals surface area contributed by atoms with E-state index < -0.39 is 35.3 Å². The lowest BCUT2D eigenvalue weighted by molar-refractivity contribution is -0.139. The normalized spacial score (nSPS) is 17.1. The first-order valence-corrected chi connectivity index (χ1v) is 11.9. The van der Waals surface area contributed by atoms with Crippen LogP contribution in [0, 0.1) is 5.41 Å². The van der Waals surface area contributed by atoms with Crippen molar-refractivity contribution in [3.8, 4) is 5.75 Å². The van der Waals surface area contributed by atoms with Crippen LogP contribution in [0.3, 0.4) is 0 Å². The lowest BCUT2D eigenvalue weighted by Crippen LogP contribution is -2.44. The maximum Gasteiger partial charge on any atom is 0.419 e. The highest BCUT2D eigenvalue weighted by molar-refractivity contribution is 5.91. The van der Waals surface area contributed by atoms with Crippen LogP contribution in [0.25, 0.3) is 11.8 Å². The molecule has 2 aromatic rings. The Labute approximate surface area is 221 Å². The van der Waals surface area contributed by atoms with E-state index in [0.29, 0.717) is 13.0 Å². The van der Waals surface area contributed by atoms with Gasteiger partial charge in [0.05, 0.1) is 23.9 Å². The number of allylic oxidation sites excluding steroid dienone is 1. The highest BCUT2D eigenvalue weighted by Gasteiger charge is 2.36. The van der Waals surface area contributed by atoms with Gasteiger partial charge >= 0.3 is 12.4 Å². The zero-order valence-corrected chi connectivity index (χ0v) is 21.2. The van der Waals surface area contributed by atoms with Crippen molar-refractivity contribution in [2.75, 3.05) is 20.3 Å². The van der Waals surface area contributed by atoms with Gasteiger partial charge in [0.15, 0.2) is 5.96 Å². The third-order valence-electron chi connectivity index (χ3n) is 6.04. The summed E-state index contributed by atoms with van der Waals surface area (Å²) in [5, 5.41) is 7.74. The summed E-state index contributed by atoms with van der Waals surface area (Å²) < 4.78 is 91.9. The van der Waals surface area contributed by atoms with Crippen LogP contribution in [0.5, 0.6) is 5.75 Å². The number of hydrogen-bond donors (Lipinski definition) is 2. The lowest BCUT2D eigenvalue weighted by atomic mass is 10.1. The minimum Gasteiger partial charge on any atom is -0.489 e. The molecule has 1 heterocycles. The van der Waals surface area contributed by atoms with Gasteiger partial charge in [0, 0.05) is 12.1 Å². The number of benzene rings is 2. The number of nitrogens with one attached hydrogen (secondary N) is 1. The van der Waals surface area contributed by atoms with Crippen LogP contribution in [0.15, 0.2) is 59.6 Å². The van der Waals surface area contributed by atoms with Crippen molar-refractivity contribution in [3.63, 3.8) is 0 Å². The predicted molar refractivity (Wildman–Crippen MR) is 137 cm³/mol. The molecule has 2 aromatic carbocycles. The van der Waals surface area contributed by atoms with Crippen molar-refractivity contribution in [2.24, 2.45) is 10.7 Å². The van der Waals surface area contributed by atoms with Gasteiger partial charge < -0.3 is 20.1 Å². The fourth-order valence-electron chi connectivity index (χ4n) is 4.23. The SMILES string of the molecule is C/C=C(\N=C(OC)C1CCCN1C(=N)N)c1ccc(OC/C=C/c2ccccc2C(F)(F)F)c(C(F)(F)F)c1. The Morgan fingerprint density at radius 1 is 1.10 bits per heavy atom. The van der Waals surface area contributed by atoms with E-state index in [1.54, 1.807) is 11.8 Å². The third kappa shape index (κ3) is 7.33. The van der Waals surface area contributed by atoms with Crippen LogP contribution in [0.2, 0.25) is 0 Å². The molecule has 1 aliphatic heterocycles. The quantitative estimate of drug-likeness (QED) is 0.230. The largest absolute Gasteiger partial charge is 0.489 e. The summed E-state index contributed by atoms with van der Waals surface area (Å²) in [4.78, 5) is 6.04. The number of rotatable bonds is 7. The number of nitrogens with two attached hydrogens (primary N) is 1. The first-order chi connectivity index (χ1) is 18.4. The average molecular weight is 555 g/mol. The molecule has 6 nitrogen and oxygen atoms in total. The molecule has 1 fully saturated rings. The number of ether oxygens (including phenoxy) is 2. The molecule has 0 amide bonds. The van der Waals surface area contributed by atoms with Crippen LogP contribution < -0.4 is 10.5 Å². The zero-order chi connectivity index (χ0) is 28.8. The van der Waals surface area contributed by atoms with Gasteiger partial charge in [-0.2, -0.15) is 26.3 Å². The van der Waals surface area contributed by atoms with E-state index in [-0.39, 0.29) is 35.3 Å². The fourth-order valence-corrected chi connectivity index (χ4v) is 4.23. The van der Waals surface area contributed by atoms with Crippen LogP contribution in [0.4, 0.5) is 26.3 Å². The lowest BCUT2D eigenvalue weighted by Gasteiger charge is -2.25. The fraction of sp³-hybridized carbons (Fsp3) is 0.333. The summed E-state index contributed by atoms with van der Waals surface area (Å²) in [7, 11) is 1.39. The maximum atomic E-state index is 13.9. The van der Waals surface area contributed by atoms with Crippen molar-refractivity contribution in [1.82, 2.24) is 4.90 Å². The van der Waals surface area contributed by atoms with Gasteiger partial charge in [-0.15, -0.1) is 0 Å². The number of guanidine groups is 1. The molecule has 1 saturated heterocycles. The van der Waals surface area contributed by atoms with Crippen LogP contribution >= 0.6 is 0 Å². The summed E-state index contributed by atoms with van der Waals surface area (Å²) in [5.74, 6) is -0.417. The predicted octanol–water partition coefficient (Wildman–Crippen LogP) is 6.58. The van der Waals surface area contributed by atoms with E-state index in [1.165, 1.54) is 43.5 Å². The monoisotopic (exact) mass is 554 g/mol. The second kappa shape index (κ2) is 12.3. The number of alkyl halides is 6. The molecule has 1 atom stereocenters. The van der Waals surface area contributed by atoms with E-state index in [9.17, 15) is 26.3 Å². The van der Waals surface area contributed by atoms with Crippen molar-refractivity contribution in [1.29, 1.82) is 5.41 Å². The smallest absolute Gasteiger partial charge is 0.419 e. The highest BCUT2D eigenvalue weighted by atomic mass is 19.4. The summed E-state index contributed by atoms with van der Waals surface area (Å²) in [6.07, 6.45) is -4.09. The molecule has 0 aromatic heterocycles. The molecular weight excluding hydrogens is 526 g/mol. The van der Waals surface area contributed by atoms with Crippen molar-refractivity contribution in [2.45, 2.75) is 38.2 Å². The van der Waals surface area contributed by atoms with Gasteiger partial charge in [-0.05, 0) is 55.7 Å². The first kappa shape index (κ1) is 29.6. The molecule has 0 aliphatic carbocycles. The molecule has 3 rings (SSSR count). The van der Waals surface area contributed by atoms with E-state index >= 15 is 0 Å². The second-order valence-electron chi connectivity index (χ2n) is 8.57. The van der Waals surface area contributed by atoms with Gasteiger partial charge in [-0.1, -0.05) is 30.4 Å². The Bertz CT molecular complexity index is 1270. The number of halogens is 6. The number of likely N-dealkylation sites (tertiary alicyclic amines) is 1. The molecule has 0 bridgehead atoms. The molecule has 12 heteroatoms. The Morgan fingerprint density at radius 2 is 1.79 bits per heavy atom. The summed E-state index contributed by atoms with van der Waals surface area (Å²) in [6, 6.07) is 7.86. The third-order valence-corrected chi connectivity index (χ3v) is 6.04. The van der Waals surface area contributed by atoms with Gasteiger partial charge in [0.1, 0.15) is 18.4 Å². The molecule has 1 aliphatic rings. The Kier molecular flexibility index (Phi) is 9.31. The van der Waals surface area contributed by atoms with Crippen LogP contribution in [0.1, 0.15) is 42.0 Å². The second-order valence-corrected chi connectivity index (χ2v) is 8.57. The van der Waals surface area contributed by atoms with Gasteiger partial charge in [-0.3, -0.25) is 5.41 Å². The summed E-state index contributed by atoms with van der Waals surface area (Å²) >= 11 is 0. The van der Waals surface area contributed by atoms with E-state index in [4.69, 9.17) is 20.6 Å². The van der Waals surface area contributed by atoms with E-state index in [2.05, 4.69) is 4.99 Å². The van der Waals surface area contributed by atoms with Crippen molar-refractivity contribution in [3.05, 3.63) is 76.9 Å². The Morgan fingerprint density at radius 3 is 2.41 bits per heavy atom. The average Bonchev–Trinajstić information content (AvgIpc) is 3.37. The van der Waals surface area contributed by atoms with Crippen LogP contribution in [-0.4, -0.2) is 43.1 Å². The standard InChI is InChI=1S/C27H28F6N4O2/c1-3-21(36-24(38-2)22-11-6-14-37(22)25(34)35)18-12-13-23(20(16-18)27(31,32)33)39-15-7-9-17-8-4-5-10-19(17)26(28,29)30/h3-5,7-10,12-13,16,22H,6,11,14-15H2,1-2H3,(H3,34,35)/b9-7+,21-3-,36-24?. The number of hydrogen-bond acceptors (Lipinski definition) is 4. The molecule has 3 N–H and O–H groups in total. The molecule has 210 valence electrons. The maximum absolute atomic E-state index is 13.9. The molecule has 0 saturated carbocycles. The minimum absolute atomic E-state index is 0.130. The Balaban J connectivity index is 1.85. The zero-order valence-electron chi connectivity index (χ0n) is 21.2. The van der Waals surface area contributed by atoms with Gasteiger partial charge in [0.25, 0.3) is 0 Å². The highest BCUT2D eigenvalue weighted by Crippen LogP contribution is 2.38. The summed E-state index contributed by atoms with van der Waals surface area (Å²) in [6.45, 7) is 1.76. The van der Waals surface area contributed by atoms with Crippen molar-refractivity contribution < 1.29 is 35.8 Å². The number of aliphatic imine (C=N–C) groups is 1. The van der Waals surface area contributed by atoms with Gasteiger partial charge in [0.2, 0.25) is 5.90 Å². The number of methoxy groups -OCH3 is 1. The molecule has 1 unspecified atom stereocenters. The van der Waals surface area contributed by atoms with E-state index in [1.807, 2.05) is 0 Å². The minimum atomic E-state index is -4.78. The van der Waals surface area contributed by atoms with Gasteiger partial charge in [-0.25, -0.2) is 4.99 Å². The van der Waals surface area contributed by atoms with Crippen molar-refractivity contribution >= 4 is 23.6 Å². The topological polar surface area (TPSA) is 83.9 Å². The molecule has 0 radical (unpaired) electrons. The molecular formula is C27H28F6N4O2.